The Morgan fingerprint density at radius 2 is 1.41 bits per heavy atom. The maximum Gasteiger partial charge on any atom is 0.418 e. The first-order valence-corrected chi connectivity index (χ1v) is 11.5. The van der Waals surface area contributed by atoms with Crippen molar-refractivity contribution < 1.29 is 35.5 Å². The van der Waals surface area contributed by atoms with Crippen LogP contribution in [0.2, 0.25) is 0 Å². The number of carbonyl (C=O) groups excluding carboxylic acids is 1. The Morgan fingerprint density at radius 1 is 0.744 bits per heavy atom. The van der Waals surface area contributed by atoms with Gasteiger partial charge in [0.1, 0.15) is 11.4 Å². The molecule has 4 aromatic rings. The second kappa shape index (κ2) is 10.8. The van der Waals surface area contributed by atoms with Gasteiger partial charge in [0.25, 0.3) is 0 Å². The number of benzene rings is 3. The summed E-state index contributed by atoms with van der Waals surface area (Å²) in [6.07, 6.45) is -9.09. The predicted octanol–water partition coefficient (Wildman–Crippen LogP) is 7.57. The van der Waals surface area contributed by atoms with Gasteiger partial charge in [-0.1, -0.05) is 42.5 Å². The third kappa shape index (κ3) is 6.36. The van der Waals surface area contributed by atoms with E-state index in [9.17, 15) is 35.5 Å². The van der Waals surface area contributed by atoms with Crippen LogP contribution in [0, 0.1) is 5.82 Å². The zero-order valence-electron chi connectivity index (χ0n) is 19.9. The fourth-order valence-electron chi connectivity index (χ4n) is 4.22. The van der Waals surface area contributed by atoms with Gasteiger partial charge in [0.15, 0.2) is 0 Å². The molecule has 0 aliphatic carbocycles. The molecule has 4 nitrogen and oxygen atoms in total. The van der Waals surface area contributed by atoms with E-state index in [1.165, 1.54) is 18.2 Å². The van der Waals surface area contributed by atoms with Crippen LogP contribution in [-0.2, 0) is 24.3 Å². The van der Waals surface area contributed by atoms with Crippen molar-refractivity contribution >= 4 is 11.7 Å². The van der Waals surface area contributed by atoms with E-state index >= 15 is 0 Å². The predicted molar refractivity (Wildman–Crippen MR) is 130 cm³/mol. The lowest BCUT2D eigenvalue weighted by atomic mass is 9.78. The zero-order chi connectivity index (χ0) is 28.3. The standard InChI is InChI=1S/C28H20F7N3O/c29-21-11-13-22(14-12-21)37-25(39)38-26(17-18-6-2-1-3-7-18,19-8-4-9-20(16-19)27(30,31)32)24-23(28(33,34)35)10-5-15-36-24/h1-16H,17H2,(H2,37,38,39). The number of pyridine rings is 1. The molecule has 202 valence electrons. The number of aromatic nitrogens is 1. The van der Waals surface area contributed by atoms with Gasteiger partial charge in [-0.25, -0.2) is 9.18 Å². The molecule has 0 aliphatic heterocycles. The van der Waals surface area contributed by atoms with Crippen LogP contribution in [0.3, 0.4) is 0 Å². The van der Waals surface area contributed by atoms with Crippen molar-refractivity contribution in [1.29, 1.82) is 0 Å². The van der Waals surface area contributed by atoms with Gasteiger partial charge in [0.2, 0.25) is 0 Å². The molecular weight excluding hydrogens is 527 g/mol. The fraction of sp³-hybridized carbons (Fsp3) is 0.143. The molecule has 3 aromatic carbocycles. The summed E-state index contributed by atoms with van der Waals surface area (Å²) in [7, 11) is 0. The number of nitrogens with one attached hydrogen (secondary N) is 2. The van der Waals surface area contributed by atoms with Gasteiger partial charge >= 0.3 is 18.4 Å². The van der Waals surface area contributed by atoms with Crippen molar-refractivity contribution in [2.75, 3.05) is 5.32 Å². The van der Waals surface area contributed by atoms with Crippen LogP contribution in [0.4, 0.5) is 41.2 Å². The molecule has 1 heterocycles. The molecule has 1 aromatic heterocycles. The monoisotopic (exact) mass is 547 g/mol. The summed E-state index contributed by atoms with van der Waals surface area (Å²) in [5.74, 6) is -0.591. The molecular formula is C28H20F7N3O. The minimum absolute atomic E-state index is 0.101. The normalized spacial score (nSPS) is 13.4. The SMILES string of the molecule is O=C(Nc1ccc(F)cc1)NC(Cc1ccccc1)(c1cccc(C(F)(F)F)c1)c1ncccc1C(F)(F)F. The van der Waals surface area contributed by atoms with E-state index in [0.29, 0.717) is 11.6 Å². The molecule has 0 saturated heterocycles. The average Bonchev–Trinajstić information content (AvgIpc) is 2.89. The summed E-state index contributed by atoms with van der Waals surface area (Å²) in [6, 6.07) is 17.0. The molecule has 0 radical (unpaired) electrons. The van der Waals surface area contributed by atoms with Gasteiger partial charge in [-0.15, -0.1) is 0 Å². The third-order valence-electron chi connectivity index (χ3n) is 5.94. The maximum absolute atomic E-state index is 14.2. The summed E-state index contributed by atoms with van der Waals surface area (Å²) in [5, 5.41) is 4.90. The number of nitrogens with zero attached hydrogens (tertiary/aromatic N) is 1. The number of urea groups is 1. The van der Waals surface area contributed by atoms with Crippen molar-refractivity contribution in [3.05, 3.63) is 131 Å². The minimum Gasteiger partial charge on any atom is -0.322 e. The van der Waals surface area contributed by atoms with Gasteiger partial charge in [-0.2, -0.15) is 26.3 Å². The fourth-order valence-corrected chi connectivity index (χ4v) is 4.22. The summed E-state index contributed by atoms with van der Waals surface area (Å²) < 4.78 is 97.2. The van der Waals surface area contributed by atoms with Gasteiger partial charge in [0, 0.05) is 18.3 Å². The Kier molecular flexibility index (Phi) is 7.62. The number of rotatable bonds is 6. The van der Waals surface area contributed by atoms with Crippen LogP contribution < -0.4 is 10.6 Å². The summed E-state index contributed by atoms with van der Waals surface area (Å²) in [6.45, 7) is 0. The average molecular weight is 547 g/mol. The van der Waals surface area contributed by atoms with E-state index in [2.05, 4.69) is 15.6 Å². The first-order valence-electron chi connectivity index (χ1n) is 11.5. The number of alkyl halides is 6. The maximum atomic E-state index is 14.2. The van der Waals surface area contributed by atoms with Crippen LogP contribution in [0.1, 0.15) is 27.9 Å². The largest absolute Gasteiger partial charge is 0.418 e. The molecule has 11 heteroatoms. The van der Waals surface area contributed by atoms with Crippen LogP contribution >= 0.6 is 0 Å². The van der Waals surface area contributed by atoms with Crippen LogP contribution in [0.5, 0.6) is 0 Å². The third-order valence-corrected chi connectivity index (χ3v) is 5.94. The lowest BCUT2D eigenvalue weighted by Crippen LogP contribution is -2.51. The zero-order valence-corrected chi connectivity index (χ0v) is 19.9. The Balaban J connectivity index is 1.96. The highest BCUT2D eigenvalue weighted by atomic mass is 19.4. The Morgan fingerprint density at radius 3 is 2.05 bits per heavy atom. The first kappa shape index (κ1) is 27.6. The number of carbonyl (C=O) groups is 1. The molecule has 4 rings (SSSR count). The highest BCUT2D eigenvalue weighted by Gasteiger charge is 2.46. The second-order valence-corrected chi connectivity index (χ2v) is 8.63. The van der Waals surface area contributed by atoms with E-state index in [-0.39, 0.29) is 17.7 Å². The Labute approximate surface area is 218 Å². The molecule has 2 amide bonds. The van der Waals surface area contributed by atoms with Crippen LogP contribution in [0.15, 0.2) is 97.2 Å². The van der Waals surface area contributed by atoms with Gasteiger partial charge in [0.05, 0.1) is 16.8 Å². The van der Waals surface area contributed by atoms with E-state index in [0.717, 1.165) is 42.6 Å². The van der Waals surface area contributed by atoms with Crippen LogP contribution in [-0.4, -0.2) is 11.0 Å². The van der Waals surface area contributed by atoms with Crippen molar-refractivity contribution in [1.82, 2.24) is 10.3 Å². The highest BCUT2D eigenvalue weighted by Crippen LogP contribution is 2.42. The van der Waals surface area contributed by atoms with Crippen LogP contribution in [0.25, 0.3) is 0 Å². The van der Waals surface area contributed by atoms with E-state index < -0.39 is 46.6 Å². The van der Waals surface area contributed by atoms with E-state index in [4.69, 9.17) is 0 Å². The first-order chi connectivity index (χ1) is 18.4. The molecule has 1 unspecified atom stereocenters. The number of amides is 2. The number of halogens is 7. The van der Waals surface area contributed by atoms with E-state index in [1.54, 1.807) is 30.3 Å². The van der Waals surface area contributed by atoms with Crippen molar-refractivity contribution in [3.63, 3.8) is 0 Å². The smallest absolute Gasteiger partial charge is 0.322 e. The van der Waals surface area contributed by atoms with Crippen molar-refractivity contribution in [2.24, 2.45) is 0 Å². The van der Waals surface area contributed by atoms with Crippen molar-refractivity contribution in [2.45, 2.75) is 24.3 Å². The van der Waals surface area contributed by atoms with Gasteiger partial charge < -0.3 is 10.6 Å². The molecule has 0 bridgehead atoms. The molecule has 0 spiro atoms. The Hall–Kier alpha value is -4.41. The van der Waals surface area contributed by atoms with E-state index in [1.807, 2.05) is 0 Å². The summed E-state index contributed by atoms with van der Waals surface area (Å²) in [5.41, 5.74) is -5.05. The second-order valence-electron chi connectivity index (χ2n) is 8.63. The highest BCUT2D eigenvalue weighted by molar-refractivity contribution is 5.90. The number of hydrogen-bond acceptors (Lipinski definition) is 2. The lowest BCUT2D eigenvalue weighted by molar-refractivity contribution is -0.139. The molecule has 0 saturated carbocycles. The molecule has 39 heavy (non-hydrogen) atoms. The quantitative estimate of drug-likeness (QED) is 0.245. The number of hydrogen-bond donors (Lipinski definition) is 2. The molecule has 1 atom stereocenters. The van der Waals surface area contributed by atoms with Crippen molar-refractivity contribution in [3.8, 4) is 0 Å². The summed E-state index contributed by atoms with van der Waals surface area (Å²) >= 11 is 0. The Bertz CT molecular complexity index is 1440. The minimum atomic E-state index is -4.96. The number of anilines is 1. The summed E-state index contributed by atoms with van der Waals surface area (Å²) in [4.78, 5) is 17.2. The lowest BCUT2D eigenvalue weighted by Gasteiger charge is -2.37. The van der Waals surface area contributed by atoms with Gasteiger partial charge in [-0.05, 0) is 59.7 Å². The molecule has 0 fully saturated rings. The van der Waals surface area contributed by atoms with Gasteiger partial charge in [-0.3, -0.25) is 4.98 Å². The molecule has 2 N–H and O–H groups in total. The molecule has 0 aliphatic rings. The topological polar surface area (TPSA) is 54.0 Å².